The SMILES string of the molecule is Cc1ccc(C(CC(=O)O)C(C)(C)N)cc1Cl. The van der Waals surface area contributed by atoms with Crippen molar-refractivity contribution in [2.24, 2.45) is 5.73 Å². The van der Waals surface area contributed by atoms with Crippen molar-refractivity contribution in [3.05, 3.63) is 34.3 Å². The lowest BCUT2D eigenvalue weighted by Crippen LogP contribution is -2.40. The second-order valence-electron chi connectivity index (χ2n) is 4.98. The van der Waals surface area contributed by atoms with Gasteiger partial charge in [-0.2, -0.15) is 0 Å². The molecule has 0 aliphatic carbocycles. The number of nitrogens with two attached hydrogens (primary N) is 1. The minimum absolute atomic E-state index is 0.00287. The Morgan fingerprint density at radius 2 is 2.12 bits per heavy atom. The third-order valence-corrected chi connectivity index (χ3v) is 3.28. The molecular weight excluding hydrogens is 238 g/mol. The number of halogens is 1. The van der Waals surface area contributed by atoms with Gasteiger partial charge < -0.3 is 10.8 Å². The highest BCUT2D eigenvalue weighted by molar-refractivity contribution is 6.31. The van der Waals surface area contributed by atoms with E-state index in [1.54, 1.807) is 6.07 Å². The molecule has 0 amide bonds. The Balaban J connectivity index is 3.13. The predicted molar refractivity (Wildman–Crippen MR) is 69.4 cm³/mol. The first-order valence-corrected chi connectivity index (χ1v) is 5.86. The monoisotopic (exact) mass is 255 g/mol. The molecule has 0 fully saturated rings. The third kappa shape index (κ3) is 3.72. The van der Waals surface area contributed by atoms with Crippen LogP contribution in [0.4, 0.5) is 0 Å². The number of hydrogen-bond donors (Lipinski definition) is 2. The molecular formula is C13H18ClNO2. The van der Waals surface area contributed by atoms with E-state index in [4.69, 9.17) is 22.4 Å². The van der Waals surface area contributed by atoms with Gasteiger partial charge in [0, 0.05) is 16.5 Å². The zero-order valence-corrected chi connectivity index (χ0v) is 11.1. The molecule has 1 rings (SSSR count). The van der Waals surface area contributed by atoms with Gasteiger partial charge in [-0.1, -0.05) is 23.7 Å². The first-order valence-electron chi connectivity index (χ1n) is 5.48. The van der Waals surface area contributed by atoms with Crippen LogP contribution >= 0.6 is 11.6 Å². The van der Waals surface area contributed by atoms with Gasteiger partial charge in [0.05, 0.1) is 6.42 Å². The fourth-order valence-corrected chi connectivity index (χ4v) is 2.00. The van der Waals surface area contributed by atoms with Crippen molar-refractivity contribution in [1.82, 2.24) is 0 Å². The fraction of sp³-hybridized carbons (Fsp3) is 0.462. The van der Waals surface area contributed by atoms with E-state index < -0.39 is 11.5 Å². The van der Waals surface area contributed by atoms with Gasteiger partial charge in [-0.15, -0.1) is 0 Å². The quantitative estimate of drug-likeness (QED) is 0.870. The number of aliphatic carboxylic acids is 1. The van der Waals surface area contributed by atoms with Gasteiger partial charge in [0.2, 0.25) is 0 Å². The Hall–Kier alpha value is -1.06. The predicted octanol–water partition coefficient (Wildman–Crippen LogP) is 2.94. The van der Waals surface area contributed by atoms with Crippen LogP contribution < -0.4 is 5.73 Å². The van der Waals surface area contributed by atoms with Crippen molar-refractivity contribution in [1.29, 1.82) is 0 Å². The molecule has 3 nitrogen and oxygen atoms in total. The van der Waals surface area contributed by atoms with Crippen LogP contribution in [-0.2, 0) is 4.79 Å². The average Bonchev–Trinajstić information content (AvgIpc) is 2.17. The topological polar surface area (TPSA) is 63.3 Å². The van der Waals surface area contributed by atoms with Crippen molar-refractivity contribution in [3.8, 4) is 0 Å². The Labute approximate surface area is 107 Å². The minimum Gasteiger partial charge on any atom is -0.481 e. The summed E-state index contributed by atoms with van der Waals surface area (Å²) in [5.74, 6) is -1.11. The summed E-state index contributed by atoms with van der Waals surface area (Å²) < 4.78 is 0. The molecule has 1 aromatic carbocycles. The summed E-state index contributed by atoms with van der Waals surface area (Å²) in [5.41, 5.74) is 7.28. The summed E-state index contributed by atoms with van der Waals surface area (Å²) in [4.78, 5) is 10.9. The molecule has 1 atom stereocenters. The number of aryl methyl sites for hydroxylation is 1. The van der Waals surface area contributed by atoms with Gasteiger partial charge >= 0.3 is 5.97 Å². The van der Waals surface area contributed by atoms with E-state index >= 15 is 0 Å². The lowest BCUT2D eigenvalue weighted by molar-refractivity contribution is -0.137. The highest BCUT2D eigenvalue weighted by atomic mass is 35.5. The standard InChI is InChI=1S/C13H18ClNO2/c1-8-4-5-9(6-11(8)14)10(7-12(16)17)13(2,3)15/h4-6,10H,7,15H2,1-3H3,(H,16,17). The molecule has 0 aliphatic heterocycles. The van der Waals surface area contributed by atoms with Gasteiger partial charge in [0.1, 0.15) is 0 Å². The highest BCUT2D eigenvalue weighted by Crippen LogP contribution is 2.32. The molecule has 0 aliphatic rings. The number of benzene rings is 1. The van der Waals surface area contributed by atoms with Gasteiger partial charge in [0.25, 0.3) is 0 Å². The summed E-state index contributed by atoms with van der Waals surface area (Å²) in [6, 6.07) is 5.58. The lowest BCUT2D eigenvalue weighted by atomic mass is 9.80. The molecule has 1 unspecified atom stereocenters. The van der Waals surface area contributed by atoms with E-state index in [0.717, 1.165) is 11.1 Å². The van der Waals surface area contributed by atoms with Crippen molar-refractivity contribution in [2.75, 3.05) is 0 Å². The van der Waals surface area contributed by atoms with Gasteiger partial charge in [-0.05, 0) is 38.0 Å². The molecule has 3 N–H and O–H groups in total. The molecule has 0 saturated heterocycles. The maximum Gasteiger partial charge on any atom is 0.304 e. The van der Waals surface area contributed by atoms with E-state index in [9.17, 15) is 4.79 Å². The maximum atomic E-state index is 10.9. The highest BCUT2D eigenvalue weighted by Gasteiger charge is 2.29. The second-order valence-corrected chi connectivity index (χ2v) is 5.39. The molecule has 1 aromatic rings. The molecule has 0 saturated carbocycles. The first-order chi connectivity index (χ1) is 7.71. The number of hydrogen-bond acceptors (Lipinski definition) is 2. The van der Waals surface area contributed by atoms with Crippen LogP contribution in [-0.4, -0.2) is 16.6 Å². The van der Waals surface area contributed by atoms with Crippen molar-refractivity contribution >= 4 is 17.6 Å². The van der Waals surface area contributed by atoms with Crippen molar-refractivity contribution in [3.63, 3.8) is 0 Å². The molecule has 4 heteroatoms. The fourth-order valence-electron chi connectivity index (χ4n) is 1.81. The van der Waals surface area contributed by atoms with E-state index in [-0.39, 0.29) is 12.3 Å². The summed E-state index contributed by atoms with van der Waals surface area (Å²) in [7, 11) is 0. The Bertz CT molecular complexity index is 424. The van der Waals surface area contributed by atoms with Crippen LogP contribution in [0.25, 0.3) is 0 Å². The Morgan fingerprint density at radius 1 is 1.53 bits per heavy atom. The van der Waals surface area contributed by atoms with Gasteiger partial charge in [-0.25, -0.2) is 0 Å². The molecule has 0 bridgehead atoms. The normalized spacial score (nSPS) is 13.5. The van der Waals surface area contributed by atoms with Crippen LogP contribution in [0.3, 0.4) is 0 Å². The molecule has 0 radical (unpaired) electrons. The zero-order valence-electron chi connectivity index (χ0n) is 10.3. The number of carboxylic acid groups (broad SMARTS) is 1. The smallest absolute Gasteiger partial charge is 0.304 e. The van der Waals surface area contributed by atoms with Crippen LogP contribution in [0.1, 0.15) is 37.3 Å². The average molecular weight is 256 g/mol. The Kier molecular flexibility index (Phi) is 4.17. The van der Waals surface area contributed by atoms with Crippen LogP contribution in [0.5, 0.6) is 0 Å². The number of carbonyl (C=O) groups is 1. The van der Waals surface area contributed by atoms with E-state index in [1.165, 1.54) is 0 Å². The van der Waals surface area contributed by atoms with Crippen LogP contribution in [0.15, 0.2) is 18.2 Å². The molecule has 0 heterocycles. The molecule has 17 heavy (non-hydrogen) atoms. The maximum absolute atomic E-state index is 10.9. The lowest BCUT2D eigenvalue weighted by Gasteiger charge is -2.30. The van der Waals surface area contributed by atoms with E-state index in [2.05, 4.69) is 0 Å². The summed E-state index contributed by atoms with van der Waals surface area (Å²) in [6.07, 6.45) is 0.00287. The Morgan fingerprint density at radius 3 is 2.53 bits per heavy atom. The summed E-state index contributed by atoms with van der Waals surface area (Å²) >= 11 is 6.06. The largest absolute Gasteiger partial charge is 0.481 e. The van der Waals surface area contributed by atoms with Gasteiger partial charge in [-0.3, -0.25) is 4.79 Å². The third-order valence-electron chi connectivity index (χ3n) is 2.88. The summed E-state index contributed by atoms with van der Waals surface area (Å²) in [6.45, 7) is 5.56. The van der Waals surface area contributed by atoms with Crippen LogP contribution in [0.2, 0.25) is 5.02 Å². The number of carboxylic acids is 1. The van der Waals surface area contributed by atoms with E-state index in [1.807, 2.05) is 32.9 Å². The van der Waals surface area contributed by atoms with Gasteiger partial charge in [0.15, 0.2) is 0 Å². The zero-order chi connectivity index (χ0) is 13.2. The van der Waals surface area contributed by atoms with E-state index in [0.29, 0.717) is 5.02 Å². The first kappa shape index (κ1) is 14.0. The molecule has 94 valence electrons. The molecule has 0 aromatic heterocycles. The van der Waals surface area contributed by atoms with Crippen molar-refractivity contribution in [2.45, 2.75) is 38.6 Å². The number of rotatable bonds is 4. The molecule has 0 spiro atoms. The van der Waals surface area contributed by atoms with Crippen molar-refractivity contribution < 1.29 is 9.90 Å². The van der Waals surface area contributed by atoms with Crippen LogP contribution in [0, 0.1) is 6.92 Å². The summed E-state index contributed by atoms with van der Waals surface area (Å²) in [5, 5.41) is 9.58. The second kappa shape index (κ2) is 5.07. The minimum atomic E-state index is -0.856.